The zero-order valence-corrected chi connectivity index (χ0v) is 15.0. The molecule has 25 heavy (non-hydrogen) atoms. The van der Waals surface area contributed by atoms with E-state index in [4.69, 9.17) is 9.47 Å². The summed E-state index contributed by atoms with van der Waals surface area (Å²) in [6, 6.07) is 9.61. The van der Waals surface area contributed by atoms with Gasteiger partial charge < -0.3 is 19.9 Å². The maximum absolute atomic E-state index is 12.2. The predicted molar refractivity (Wildman–Crippen MR) is 94.5 cm³/mol. The van der Waals surface area contributed by atoms with Gasteiger partial charge in [0, 0.05) is 26.2 Å². The van der Waals surface area contributed by atoms with E-state index < -0.39 is 11.7 Å². The largest absolute Gasteiger partial charge is 0.488 e. The van der Waals surface area contributed by atoms with E-state index in [1.54, 1.807) is 7.05 Å². The molecule has 1 aromatic carbocycles. The molecular formula is C19H28N2O4. The highest BCUT2D eigenvalue weighted by molar-refractivity contribution is 5.84. The van der Waals surface area contributed by atoms with Gasteiger partial charge in [-0.05, 0) is 38.3 Å². The van der Waals surface area contributed by atoms with Crippen LogP contribution in [-0.4, -0.2) is 66.5 Å². The number of carbonyl (C=O) groups excluding carboxylic acids is 1. The summed E-state index contributed by atoms with van der Waals surface area (Å²) in [5.74, 6) is 0.656. The number of morpholine rings is 1. The van der Waals surface area contributed by atoms with Gasteiger partial charge in [0.05, 0.1) is 6.61 Å². The van der Waals surface area contributed by atoms with E-state index in [0.717, 1.165) is 25.0 Å². The molecule has 1 aliphatic heterocycles. The first-order valence-electron chi connectivity index (χ1n) is 9.03. The minimum atomic E-state index is -0.875. The molecule has 0 bridgehead atoms. The molecule has 4 atom stereocenters. The van der Waals surface area contributed by atoms with Crippen LogP contribution in [0.25, 0.3) is 0 Å². The normalized spacial score (nSPS) is 33.6. The fourth-order valence-corrected chi connectivity index (χ4v) is 3.90. The Kier molecular flexibility index (Phi) is 5.61. The van der Waals surface area contributed by atoms with E-state index >= 15 is 0 Å². The molecule has 1 saturated heterocycles. The molecule has 1 heterocycles. The highest BCUT2D eigenvalue weighted by Gasteiger charge is 2.44. The topological polar surface area (TPSA) is 71.0 Å². The van der Waals surface area contributed by atoms with E-state index in [1.165, 1.54) is 0 Å². The van der Waals surface area contributed by atoms with Crippen molar-refractivity contribution in [3.8, 4) is 5.75 Å². The number of carbonyl (C=O) groups is 1. The van der Waals surface area contributed by atoms with Crippen LogP contribution < -0.4 is 10.1 Å². The van der Waals surface area contributed by atoms with Gasteiger partial charge in [-0.3, -0.25) is 9.69 Å². The second-order valence-electron chi connectivity index (χ2n) is 7.09. The van der Waals surface area contributed by atoms with Crippen LogP contribution >= 0.6 is 0 Å². The Balaban J connectivity index is 1.68. The number of para-hydroxylation sites is 1. The van der Waals surface area contributed by atoms with Gasteiger partial charge in [0.2, 0.25) is 0 Å². The first-order valence-corrected chi connectivity index (χ1v) is 9.03. The number of hydrogen-bond acceptors (Lipinski definition) is 5. The molecule has 1 aromatic rings. The lowest BCUT2D eigenvalue weighted by Crippen LogP contribution is -2.63. The molecule has 0 aromatic heterocycles. The summed E-state index contributed by atoms with van der Waals surface area (Å²) in [4.78, 5) is 14.3. The summed E-state index contributed by atoms with van der Waals surface area (Å²) >= 11 is 0. The first-order chi connectivity index (χ1) is 12.0. The number of aliphatic hydroxyl groups is 1. The Labute approximate surface area is 149 Å². The summed E-state index contributed by atoms with van der Waals surface area (Å²) < 4.78 is 11.8. The van der Waals surface area contributed by atoms with Gasteiger partial charge in [0.1, 0.15) is 18.0 Å². The SMILES string of the molecule is CNC(=O)[C@]1(C)CN([C@H]2CCC[C@@H](Oc3ccccc3)[C@@H]2O)CCO1. The van der Waals surface area contributed by atoms with Gasteiger partial charge >= 0.3 is 0 Å². The van der Waals surface area contributed by atoms with Crippen LogP contribution in [0.15, 0.2) is 30.3 Å². The van der Waals surface area contributed by atoms with E-state index in [9.17, 15) is 9.90 Å². The molecule has 1 saturated carbocycles. The molecule has 1 aliphatic carbocycles. The predicted octanol–water partition coefficient (Wildman–Crippen LogP) is 1.18. The lowest BCUT2D eigenvalue weighted by Gasteiger charge is -2.46. The van der Waals surface area contributed by atoms with Gasteiger partial charge in [-0.25, -0.2) is 0 Å². The van der Waals surface area contributed by atoms with Crippen molar-refractivity contribution in [2.24, 2.45) is 0 Å². The second kappa shape index (κ2) is 7.72. The minimum Gasteiger partial charge on any atom is -0.488 e. The maximum Gasteiger partial charge on any atom is 0.253 e. The first kappa shape index (κ1) is 18.2. The molecule has 0 radical (unpaired) electrons. The number of rotatable bonds is 4. The quantitative estimate of drug-likeness (QED) is 0.855. The van der Waals surface area contributed by atoms with E-state index in [2.05, 4.69) is 10.2 Å². The van der Waals surface area contributed by atoms with Crippen molar-refractivity contribution < 1.29 is 19.4 Å². The second-order valence-corrected chi connectivity index (χ2v) is 7.09. The van der Waals surface area contributed by atoms with Gasteiger partial charge in [-0.15, -0.1) is 0 Å². The number of benzene rings is 1. The van der Waals surface area contributed by atoms with Crippen LogP contribution in [0.4, 0.5) is 0 Å². The molecule has 2 aliphatic rings. The van der Waals surface area contributed by atoms with Crippen LogP contribution in [0, 0.1) is 0 Å². The average molecular weight is 348 g/mol. The molecular weight excluding hydrogens is 320 g/mol. The van der Waals surface area contributed by atoms with Crippen molar-refractivity contribution in [1.29, 1.82) is 0 Å². The Morgan fingerprint density at radius 3 is 2.84 bits per heavy atom. The Morgan fingerprint density at radius 2 is 2.12 bits per heavy atom. The number of nitrogens with one attached hydrogen (secondary N) is 1. The summed E-state index contributed by atoms with van der Waals surface area (Å²) in [5, 5.41) is 13.6. The smallest absolute Gasteiger partial charge is 0.253 e. The van der Waals surface area contributed by atoms with Crippen molar-refractivity contribution in [2.75, 3.05) is 26.7 Å². The van der Waals surface area contributed by atoms with Crippen LogP contribution in [0.5, 0.6) is 5.75 Å². The van der Waals surface area contributed by atoms with Crippen molar-refractivity contribution in [3.63, 3.8) is 0 Å². The van der Waals surface area contributed by atoms with E-state index in [0.29, 0.717) is 19.7 Å². The third-order valence-electron chi connectivity index (χ3n) is 5.27. The highest BCUT2D eigenvalue weighted by atomic mass is 16.5. The molecule has 2 N–H and O–H groups in total. The van der Waals surface area contributed by atoms with E-state index in [-0.39, 0.29) is 18.1 Å². The standard InChI is InChI=1S/C19H28N2O4/c1-19(18(23)20-2)13-21(11-12-24-19)15-9-6-10-16(17(15)22)25-14-7-4-3-5-8-14/h3-5,7-8,15-17,22H,6,9-13H2,1-2H3,(H,20,23)/t15-,16+,17+,19-/m0/s1. The van der Waals surface area contributed by atoms with Crippen LogP contribution in [0.2, 0.25) is 0 Å². The molecule has 0 spiro atoms. The Hall–Kier alpha value is -1.63. The Morgan fingerprint density at radius 1 is 1.36 bits per heavy atom. The van der Waals surface area contributed by atoms with Gasteiger partial charge in [-0.1, -0.05) is 18.2 Å². The van der Waals surface area contributed by atoms with Gasteiger partial charge in [-0.2, -0.15) is 0 Å². The van der Waals surface area contributed by atoms with Crippen LogP contribution in [0.3, 0.4) is 0 Å². The third kappa shape index (κ3) is 3.97. The molecule has 6 nitrogen and oxygen atoms in total. The van der Waals surface area contributed by atoms with Crippen LogP contribution in [-0.2, 0) is 9.53 Å². The van der Waals surface area contributed by atoms with Gasteiger partial charge in [0.25, 0.3) is 5.91 Å². The van der Waals surface area contributed by atoms with Gasteiger partial charge in [0.15, 0.2) is 5.60 Å². The zero-order chi connectivity index (χ0) is 17.9. The maximum atomic E-state index is 12.2. The number of nitrogens with zero attached hydrogens (tertiary/aromatic N) is 1. The summed E-state index contributed by atoms with van der Waals surface area (Å²) in [6.07, 6.45) is 1.92. The third-order valence-corrected chi connectivity index (χ3v) is 5.27. The molecule has 1 amide bonds. The number of amides is 1. The van der Waals surface area contributed by atoms with Crippen molar-refractivity contribution in [1.82, 2.24) is 10.2 Å². The van der Waals surface area contributed by atoms with Crippen LogP contribution in [0.1, 0.15) is 26.2 Å². The highest BCUT2D eigenvalue weighted by Crippen LogP contribution is 2.30. The van der Waals surface area contributed by atoms with E-state index in [1.807, 2.05) is 37.3 Å². The van der Waals surface area contributed by atoms with Crippen molar-refractivity contribution in [3.05, 3.63) is 30.3 Å². The fourth-order valence-electron chi connectivity index (χ4n) is 3.90. The molecule has 2 fully saturated rings. The lowest BCUT2D eigenvalue weighted by atomic mass is 9.87. The molecule has 0 unspecified atom stereocenters. The lowest BCUT2D eigenvalue weighted by molar-refractivity contribution is -0.165. The number of aliphatic hydroxyl groups excluding tert-OH is 1. The minimum absolute atomic E-state index is 0.0182. The summed E-state index contributed by atoms with van der Waals surface area (Å²) in [5.41, 5.74) is -0.875. The average Bonchev–Trinajstić information content (AvgIpc) is 2.63. The summed E-state index contributed by atoms with van der Waals surface area (Å²) in [7, 11) is 1.62. The molecule has 138 valence electrons. The monoisotopic (exact) mass is 348 g/mol. The zero-order valence-electron chi connectivity index (χ0n) is 15.0. The molecule has 3 rings (SSSR count). The number of hydrogen-bond donors (Lipinski definition) is 2. The molecule has 6 heteroatoms. The fraction of sp³-hybridized carbons (Fsp3) is 0.632. The Bertz CT molecular complexity index is 582. The number of likely N-dealkylation sites (N-methyl/N-ethyl adjacent to an activating group) is 1. The van der Waals surface area contributed by atoms with Crippen molar-refractivity contribution in [2.45, 2.75) is 50.0 Å². The van der Waals surface area contributed by atoms with Crippen molar-refractivity contribution >= 4 is 5.91 Å². The summed E-state index contributed by atoms with van der Waals surface area (Å²) in [6.45, 7) is 3.49. The number of ether oxygens (including phenoxy) is 2.